The van der Waals surface area contributed by atoms with Gasteiger partial charge in [-0.25, -0.2) is 8.42 Å². The molecule has 1 aliphatic heterocycles. The lowest BCUT2D eigenvalue weighted by atomic mass is 10.1. The highest BCUT2D eigenvalue weighted by Gasteiger charge is 2.21. The van der Waals surface area contributed by atoms with Gasteiger partial charge in [0.2, 0.25) is 0 Å². The topological polar surface area (TPSA) is 62.6 Å². The standard InChI is InChI=1S/C15H26N2O3S/c1-15(2,3)16-11-13-5-8-20-14(13)12-17-6-4-9-21(18,19)10-7-17/h5,8,16H,4,6-7,9-12H2,1-3H3. The third-order valence-corrected chi connectivity index (χ3v) is 5.38. The first-order valence-corrected chi connectivity index (χ1v) is 9.30. The Bertz CT molecular complexity index is 558. The summed E-state index contributed by atoms with van der Waals surface area (Å²) in [5.41, 5.74) is 1.21. The second kappa shape index (κ2) is 6.50. The van der Waals surface area contributed by atoms with Gasteiger partial charge in [-0.15, -0.1) is 0 Å². The molecule has 1 aromatic heterocycles. The summed E-state index contributed by atoms with van der Waals surface area (Å²) >= 11 is 0. The van der Waals surface area contributed by atoms with E-state index in [4.69, 9.17) is 4.42 Å². The van der Waals surface area contributed by atoms with Gasteiger partial charge in [0.05, 0.1) is 24.3 Å². The number of hydrogen-bond acceptors (Lipinski definition) is 5. The van der Waals surface area contributed by atoms with Crippen LogP contribution >= 0.6 is 0 Å². The minimum atomic E-state index is -2.86. The summed E-state index contributed by atoms with van der Waals surface area (Å²) in [6.07, 6.45) is 2.42. The Labute approximate surface area is 127 Å². The zero-order chi connectivity index (χ0) is 15.5. The van der Waals surface area contributed by atoms with Gasteiger partial charge in [0.1, 0.15) is 5.76 Å². The van der Waals surface area contributed by atoms with Crippen LogP contribution in [-0.2, 0) is 22.9 Å². The van der Waals surface area contributed by atoms with E-state index in [0.29, 0.717) is 25.3 Å². The maximum Gasteiger partial charge on any atom is 0.151 e. The average molecular weight is 314 g/mol. The monoisotopic (exact) mass is 314 g/mol. The molecule has 21 heavy (non-hydrogen) atoms. The Morgan fingerprint density at radius 2 is 2.05 bits per heavy atom. The van der Waals surface area contributed by atoms with Gasteiger partial charge in [-0.05, 0) is 39.8 Å². The summed E-state index contributed by atoms with van der Waals surface area (Å²) in [7, 11) is -2.86. The minimum Gasteiger partial charge on any atom is -0.468 e. The van der Waals surface area contributed by atoms with Crippen molar-refractivity contribution in [2.45, 2.75) is 45.8 Å². The predicted molar refractivity (Wildman–Crippen MR) is 83.8 cm³/mol. The highest BCUT2D eigenvalue weighted by molar-refractivity contribution is 7.91. The van der Waals surface area contributed by atoms with Crippen LogP contribution in [0.4, 0.5) is 0 Å². The van der Waals surface area contributed by atoms with Crippen molar-refractivity contribution in [2.75, 3.05) is 24.6 Å². The van der Waals surface area contributed by atoms with Gasteiger partial charge in [0.25, 0.3) is 0 Å². The molecule has 0 radical (unpaired) electrons. The van der Waals surface area contributed by atoms with Gasteiger partial charge in [-0.2, -0.15) is 0 Å². The molecule has 0 unspecified atom stereocenters. The van der Waals surface area contributed by atoms with E-state index in [2.05, 4.69) is 31.0 Å². The molecule has 0 atom stereocenters. The van der Waals surface area contributed by atoms with E-state index in [1.54, 1.807) is 6.26 Å². The molecule has 1 aromatic rings. The van der Waals surface area contributed by atoms with E-state index in [1.807, 2.05) is 6.07 Å². The van der Waals surface area contributed by atoms with Crippen LogP contribution in [0.1, 0.15) is 38.5 Å². The summed E-state index contributed by atoms with van der Waals surface area (Å²) in [6, 6.07) is 1.99. The van der Waals surface area contributed by atoms with E-state index in [1.165, 1.54) is 0 Å². The van der Waals surface area contributed by atoms with Crippen molar-refractivity contribution in [3.63, 3.8) is 0 Å². The fraction of sp³-hybridized carbons (Fsp3) is 0.733. The van der Waals surface area contributed by atoms with Crippen LogP contribution in [0.2, 0.25) is 0 Å². The number of sulfone groups is 1. The Hall–Kier alpha value is -0.850. The molecule has 1 N–H and O–H groups in total. The first kappa shape index (κ1) is 16.5. The lowest BCUT2D eigenvalue weighted by Gasteiger charge is -2.22. The molecule has 1 saturated heterocycles. The van der Waals surface area contributed by atoms with Gasteiger partial charge >= 0.3 is 0 Å². The van der Waals surface area contributed by atoms with Crippen LogP contribution in [0.25, 0.3) is 0 Å². The fourth-order valence-corrected chi connectivity index (χ4v) is 3.68. The molecule has 2 heterocycles. The maximum atomic E-state index is 11.6. The number of nitrogens with one attached hydrogen (secondary N) is 1. The molecule has 6 heteroatoms. The Balaban J connectivity index is 1.95. The number of furan rings is 1. The summed E-state index contributed by atoms with van der Waals surface area (Å²) < 4.78 is 28.9. The van der Waals surface area contributed by atoms with Crippen molar-refractivity contribution in [3.8, 4) is 0 Å². The molecule has 0 saturated carbocycles. The number of hydrogen-bond donors (Lipinski definition) is 1. The zero-order valence-corrected chi connectivity index (χ0v) is 14.0. The minimum absolute atomic E-state index is 0.0607. The fourth-order valence-electron chi connectivity index (χ4n) is 2.37. The smallest absolute Gasteiger partial charge is 0.151 e. The molecule has 1 fully saturated rings. The third kappa shape index (κ3) is 5.45. The Morgan fingerprint density at radius 1 is 1.29 bits per heavy atom. The van der Waals surface area contributed by atoms with Crippen molar-refractivity contribution in [2.24, 2.45) is 0 Å². The van der Waals surface area contributed by atoms with Crippen LogP contribution in [-0.4, -0.2) is 43.5 Å². The third-order valence-electron chi connectivity index (χ3n) is 3.66. The lowest BCUT2D eigenvalue weighted by Crippen LogP contribution is -2.35. The largest absolute Gasteiger partial charge is 0.468 e. The molecule has 0 aromatic carbocycles. The predicted octanol–water partition coefficient (Wildman–Crippen LogP) is 1.79. The second-order valence-corrected chi connectivity index (χ2v) is 9.06. The van der Waals surface area contributed by atoms with E-state index in [9.17, 15) is 8.42 Å². The maximum absolute atomic E-state index is 11.6. The molecule has 2 rings (SSSR count). The summed E-state index contributed by atoms with van der Waals surface area (Å²) in [5.74, 6) is 1.50. The second-order valence-electron chi connectivity index (χ2n) is 6.75. The molecular formula is C15H26N2O3S. The van der Waals surface area contributed by atoms with Crippen LogP contribution in [0.5, 0.6) is 0 Å². The molecule has 0 aliphatic carbocycles. The highest BCUT2D eigenvalue weighted by atomic mass is 32.2. The van der Waals surface area contributed by atoms with Crippen molar-refractivity contribution in [1.82, 2.24) is 10.2 Å². The number of nitrogens with zero attached hydrogens (tertiary/aromatic N) is 1. The van der Waals surface area contributed by atoms with Gasteiger partial charge in [0.15, 0.2) is 9.84 Å². The van der Waals surface area contributed by atoms with Crippen LogP contribution in [0.3, 0.4) is 0 Å². The molecule has 120 valence electrons. The highest BCUT2D eigenvalue weighted by Crippen LogP contribution is 2.16. The first-order chi connectivity index (χ1) is 9.75. The Kier molecular flexibility index (Phi) is 5.11. The first-order valence-electron chi connectivity index (χ1n) is 7.48. The van der Waals surface area contributed by atoms with E-state index in [-0.39, 0.29) is 11.3 Å². The van der Waals surface area contributed by atoms with Gasteiger partial charge in [0, 0.05) is 24.2 Å². The summed E-state index contributed by atoms with van der Waals surface area (Å²) in [5, 5.41) is 3.45. The SMILES string of the molecule is CC(C)(C)NCc1ccoc1CN1CCCS(=O)(=O)CC1. The summed E-state index contributed by atoms with van der Waals surface area (Å²) in [6.45, 7) is 9.25. The van der Waals surface area contributed by atoms with Gasteiger partial charge in [-0.3, -0.25) is 4.90 Å². The summed E-state index contributed by atoms with van der Waals surface area (Å²) in [4.78, 5) is 2.17. The van der Waals surface area contributed by atoms with E-state index < -0.39 is 9.84 Å². The molecule has 0 spiro atoms. The van der Waals surface area contributed by atoms with Crippen LogP contribution < -0.4 is 5.32 Å². The molecule has 5 nitrogen and oxygen atoms in total. The van der Waals surface area contributed by atoms with Crippen molar-refractivity contribution in [1.29, 1.82) is 0 Å². The number of rotatable bonds is 4. The molecule has 0 bridgehead atoms. The Morgan fingerprint density at radius 3 is 2.76 bits per heavy atom. The lowest BCUT2D eigenvalue weighted by molar-refractivity contribution is 0.259. The molecular weight excluding hydrogens is 288 g/mol. The van der Waals surface area contributed by atoms with Crippen molar-refractivity contribution >= 4 is 9.84 Å². The van der Waals surface area contributed by atoms with Gasteiger partial charge < -0.3 is 9.73 Å². The van der Waals surface area contributed by atoms with E-state index in [0.717, 1.165) is 24.4 Å². The van der Waals surface area contributed by atoms with Crippen molar-refractivity contribution < 1.29 is 12.8 Å². The quantitative estimate of drug-likeness (QED) is 0.918. The molecule has 1 aliphatic rings. The van der Waals surface area contributed by atoms with Crippen LogP contribution in [0, 0.1) is 0 Å². The normalized spacial score (nSPS) is 20.3. The molecule has 0 amide bonds. The van der Waals surface area contributed by atoms with Crippen molar-refractivity contribution in [3.05, 3.63) is 23.7 Å². The van der Waals surface area contributed by atoms with E-state index >= 15 is 0 Å². The van der Waals surface area contributed by atoms with Crippen LogP contribution in [0.15, 0.2) is 16.7 Å². The zero-order valence-electron chi connectivity index (χ0n) is 13.2. The van der Waals surface area contributed by atoms with Gasteiger partial charge in [-0.1, -0.05) is 0 Å². The average Bonchev–Trinajstić information content (AvgIpc) is 2.72.